The van der Waals surface area contributed by atoms with Gasteiger partial charge in [0.25, 0.3) is 5.91 Å². The lowest BCUT2D eigenvalue weighted by Crippen LogP contribution is -2.49. The van der Waals surface area contributed by atoms with Gasteiger partial charge in [-0.1, -0.05) is 77.2 Å². The van der Waals surface area contributed by atoms with Crippen LogP contribution in [0.2, 0.25) is 0 Å². The minimum Gasteiger partial charge on any atom is -0.379 e. The number of nitrogens with two attached hydrogens (primary N) is 1. The van der Waals surface area contributed by atoms with Crippen LogP contribution in [0.4, 0.5) is 0 Å². The predicted molar refractivity (Wildman–Crippen MR) is 207 cm³/mol. The van der Waals surface area contributed by atoms with E-state index in [-0.39, 0.29) is 24.2 Å². The number of carbonyl (C=O) groups is 2. The van der Waals surface area contributed by atoms with Crippen LogP contribution in [0.5, 0.6) is 0 Å². The number of ether oxygens (including phenoxy) is 1. The molecular formula is C38H69N7O3. The summed E-state index contributed by atoms with van der Waals surface area (Å²) >= 11 is 0. The lowest BCUT2D eigenvalue weighted by molar-refractivity contribution is -0.131. The molecule has 1 fully saturated rings. The summed E-state index contributed by atoms with van der Waals surface area (Å²) in [5.74, 6) is 2.02. The van der Waals surface area contributed by atoms with Gasteiger partial charge in [-0.05, 0) is 39.7 Å². The first-order valence-corrected chi connectivity index (χ1v) is 17.5. The highest BCUT2D eigenvalue weighted by Crippen LogP contribution is 2.10. The lowest BCUT2D eigenvalue weighted by Gasteiger charge is -2.31. The van der Waals surface area contributed by atoms with Gasteiger partial charge < -0.3 is 30.9 Å². The SMILES string of the molecule is C#CC.C=CCCN(CC)C(=O)CNC(=O)C1=NC/C=C\C=C/C(=C)N1CCN1CCOCC1.CC.CC.CC/C=C(\C)CNCCN. The zero-order valence-electron chi connectivity index (χ0n) is 31.7. The van der Waals surface area contributed by atoms with E-state index >= 15 is 0 Å². The van der Waals surface area contributed by atoms with Crippen LogP contribution in [-0.4, -0.2) is 118 Å². The Kier molecular flexibility index (Phi) is 37.0. The molecule has 4 N–H and O–H groups in total. The van der Waals surface area contributed by atoms with Crippen molar-refractivity contribution in [2.24, 2.45) is 10.7 Å². The van der Waals surface area contributed by atoms with Crippen LogP contribution < -0.4 is 16.4 Å². The Morgan fingerprint density at radius 1 is 1.15 bits per heavy atom. The van der Waals surface area contributed by atoms with Gasteiger partial charge in [0.05, 0.1) is 26.3 Å². The maximum absolute atomic E-state index is 13.0. The Morgan fingerprint density at radius 3 is 2.35 bits per heavy atom. The van der Waals surface area contributed by atoms with Crippen molar-refractivity contribution in [3.05, 3.63) is 60.9 Å². The van der Waals surface area contributed by atoms with E-state index < -0.39 is 0 Å². The molecule has 2 aliphatic heterocycles. The predicted octanol–water partition coefficient (Wildman–Crippen LogP) is 4.78. The number of aliphatic imine (C=N–C) groups is 1. The molecule has 274 valence electrons. The molecular weight excluding hydrogens is 602 g/mol. The van der Waals surface area contributed by atoms with Gasteiger partial charge in [-0.3, -0.25) is 19.5 Å². The molecule has 0 aromatic carbocycles. The molecule has 0 saturated carbocycles. The molecule has 10 nitrogen and oxygen atoms in total. The summed E-state index contributed by atoms with van der Waals surface area (Å²) in [5.41, 5.74) is 7.39. The molecule has 2 amide bonds. The van der Waals surface area contributed by atoms with E-state index in [1.807, 2.05) is 63.8 Å². The maximum Gasteiger partial charge on any atom is 0.287 e. The van der Waals surface area contributed by atoms with E-state index in [4.69, 9.17) is 10.5 Å². The number of hydrogen-bond acceptors (Lipinski definition) is 8. The number of carbonyl (C=O) groups excluding carboxylic acids is 2. The van der Waals surface area contributed by atoms with E-state index in [1.54, 1.807) is 17.9 Å². The number of likely N-dealkylation sites (N-methyl/N-ethyl adjacent to an activating group) is 1. The van der Waals surface area contributed by atoms with Gasteiger partial charge in [0, 0.05) is 64.6 Å². The van der Waals surface area contributed by atoms with Gasteiger partial charge in [-0.25, -0.2) is 0 Å². The number of hydrogen-bond donors (Lipinski definition) is 3. The Labute approximate surface area is 294 Å². The second-order valence-corrected chi connectivity index (χ2v) is 9.99. The fraction of sp³-hybridized carbons (Fsp3) is 0.605. The zero-order valence-corrected chi connectivity index (χ0v) is 31.7. The highest BCUT2D eigenvalue weighted by molar-refractivity contribution is 6.38. The maximum atomic E-state index is 13.0. The van der Waals surface area contributed by atoms with Crippen LogP contribution >= 0.6 is 0 Å². The van der Waals surface area contributed by atoms with Crippen LogP contribution in [0.3, 0.4) is 0 Å². The normalized spacial score (nSPS) is 15.5. The summed E-state index contributed by atoms with van der Waals surface area (Å²) in [6.45, 7) is 32.3. The fourth-order valence-corrected chi connectivity index (χ4v) is 4.13. The largest absolute Gasteiger partial charge is 0.379 e. The number of morpholine rings is 1. The summed E-state index contributed by atoms with van der Waals surface area (Å²) < 4.78 is 5.41. The Hall–Kier alpha value is -3.49. The molecule has 0 unspecified atom stereocenters. The smallest absolute Gasteiger partial charge is 0.287 e. The summed E-state index contributed by atoms with van der Waals surface area (Å²) in [6, 6.07) is 0. The van der Waals surface area contributed by atoms with Crippen LogP contribution in [0.25, 0.3) is 0 Å². The molecule has 2 aliphatic rings. The molecule has 2 rings (SSSR count). The number of rotatable bonds is 15. The Morgan fingerprint density at radius 2 is 1.79 bits per heavy atom. The topological polar surface area (TPSA) is 116 Å². The first-order valence-electron chi connectivity index (χ1n) is 17.5. The summed E-state index contributed by atoms with van der Waals surface area (Å²) in [4.78, 5) is 35.8. The Balaban J connectivity index is -0.000000993. The summed E-state index contributed by atoms with van der Waals surface area (Å²) in [5, 5.41) is 5.98. The van der Waals surface area contributed by atoms with Crippen LogP contribution in [0.1, 0.15) is 68.2 Å². The summed E-state index contributed by atoms with van der Waals surface area (Å²) in [7, 11) is 0. The highest BCUT2D eigenvalue weighted by Gasteiger charge is 2.23. The molecule has 0 aliphatic carbocycles. The van der Waals surface area contributed by atoms with Gasteiger partial charge in [-0.15, -0.1) is 18.9 Å². The van der Waals surface area contributed by atoms with Crippen LogP contribution in [0, 0.1) is 12.3 Å². The molecule has 10 heteroatoms. The van der Waals surface area contributed by atoms with E-state index in [0.717, 1.165) is 45.7 Å². The van der Waals surface area contributed by atoms with Crippen molar-refractivity contribution in [3.63, 3.8) is 0 Å². The van der Waals surface area contributed by atoms with Crippen molar-refractivity contribution in [1.82, 2.24) is 25.3 Å². The molecule has 48 heavy (non-hydrogen) atoms. The molecule has 0 spiro atoms. The number of nitrogens with zero attached hydrogens (tertiary/aromatic N) is 4. The second kappa shape index (κ2) is 36.3. The third-order valence-corrected chi connectivity index (χ3v) is 6.45. The monoisotopic (exact) mass is 672 g/mol. The molecule has 0 radical (unpaired) electrons. The highest BCUT2D eigenvalue weighted by atomic mass is 16.5. The fourth-order valence-electron chi connectivity index (χ4n) is 4.13. The zero-order chi connectivity index (χ0) is 37.0. The van der Waals surface area contributed by atoms with Crippen LogP contribution in [0.15, 0.2) is 65.9 Å². The first-order chi connectivity index (χ1) is 23.3. The average molecular weight is 672 g/mol. The quantitative estimate of drug-likeness (QED) is 0.130. The Bertz CT molecular complexity index is 1010. The third-order valence-electron chi connectivity index (χ3n) is 6.45. The van der Waals surface area contributed by atoms with Gasteiger partial charge in [-0.2, -0.15) is 0 Å². The molecule has 1 saturated heterocycles. The van der Waals surface area contributed by atoms with E-state index in [9.17, 15) is 9.59 Å². The standard InChI is InChI=1S/C23H35N5O3.C8H18N2.C3H4.2C2H6/c1-4-6-12-27(5-2)21(29)19-25-23(30)22-24-11-9-7-8-10-20(3)28(22)14-13-26-15-17-31-18-16-26;1-3-4-8(2)7-10-6-5-9;1-3-2;2*1-2/h4,7-10H,1,3,5-6,11-19H2,2H3,(H,25,30);4,10H,3,5-7,9H2,1-2H3;1H,2H3;2*1-2H3/b9-7-,10-8-,24-22?;8-4+;;;. The number of allylic oxidation sites excluding steroid dienone is 4. The molecule has 0 aromatic heterocycles. The van der Waals surface area contributed by atoms with Gasteiger partial charge in [0.15, 0.2) is 5.84 Å². The summed E-state index contributed by atoms with van der Waals surface area (Å²) in [6.07, 6.45) is 18.0. The molecule has 0 aromatic rings. The lowest BCUT2D eigenvalue weighted by atomic mass is 10.2. The molecule has 2 heterocycles. The molecule has 0 atom stereocenters. The third kappa shape index (κ3) is 25.6. The average Bonchev–Trinajstić information content (AvgIpc) is 3.20. The van der Waals surface area contributed by atoms with E-state index in [1.165, 1.54) is 5.57 Å². The van der Waals surface area contributed by atoms with E-state index in [2.05, 4.69) is 66.0 Å². The van der Waals surface area contributed by atoms with Gasteiger partial charge >= 0.3 is 0 Å². The minimum atomic E-state index is -0.375. The van der Waals surface area contributed by atoms with Crippen molar-refractivity contribution < 1.29 is 14.3 Å². The number of amidine groups is 1. The van der Waals surface area contributed by atoms with E-state index in [0.29, 0.717) is 51.5 Å². The van der Waals surface area contributed by atoms with Gasteiger partial charge in [0.1, 0.15) is 0 Å². The molecule has 0 bridgehead atoms. The number of nitrogens with one attached hydrogen (secondary N) is 2. The second-order valence-electron chi connectivity index (χ2n) is 9.99. The van der Waals surface area contributed by atoms with Crippen molar-refractivity contribution >= 4 is 17.6 Å². The van der Waals surface area contributed by atoms with Crippen molar-refractivity contribution in [2.45, 2.75) is 68.2 Å². The van der Waals surface area contributed by atoms with Crippen molar-refractivity contribution in [2.75, 3.05) is 85.2 Å². The van der Waals surface area contributed by atoms with Crippen molar-refractivity contribution in [1.29, 1.82) is 0 Å². The first kappa shape index (κ1) is 48.9. The number of terminal acetylenes is 1. The van der Waals surface area contributed by atoms with Crippen LogP contribution in [-0.2, 0) is 14.3 Å². The minimum absolute atomic E-state index is 0.0711. The number of amides is 2. The van der Waals surface area contributed by atoms with Gasteiger partial charge in [0.2, 0.25) is 5.91 Å². The van der Waals surface area contributed by atoms with Crippen molar-refractivity contribution in [3.8, 4) is 12.3 Å².